The number of ether oxygens (including phenoxy) is 1. The third-order valence-corrected chi connectivity index (χ3v) is 1.65. The van der Waals surface area contributed by atoms with Crippen LogP contribution in [-0.2, 0) is 4.74 Å². The van der Waals surface area contributed by atoms with Crippen molar-refractivity contribution in [2.75, 3.05) is 6.61 Å². The van der Waals surface area contributed by atoms with E-state index in [1.165, 1.54) is 12.3 Å². The highest BCUT2D eigenvalue weighted by molar-refractivity contribution is 5.91. The van der Waals surface area contributed by atoms with E-state index in [1.54, 1.807) is 0 Å². The Bertz CT molecular complexity index is 379. The van der Waals surface area contributed by atoms with Crippen LogP contribution in [0.4, 0.5) is 5.69 Å². The predicted molar refractivity (Wildman–Crippen MR) is 54.0 cm³/mol. The van der Waals surface area contributed by atoms with Crippen LogP contribution in [0.1, 0.15) is 18.9 Å². The quantitative estimate of drug-likeness (QED) is 0.354. The second kappa shape index (κ2) is 5.04. The maximum atomic E-state index is 10.4. The van der Waals surface area contributed by atoms with Crippen LogP contribution in [-0.4, -0.2) is 22.4 Å². The molecule has 0 amide bonds. The highest BCUT2D eigenvalue weighted by Gasteiger charge is 2.10. The first kappa shape index (κ1) is 11.1. The van der Waals surface area contributed by atoms with E-state index in [1.807, 2.05) is 6.92 Å². The molecule has 6 heteroatoms. The van der Waals surface area contributed by atoms with Gasteiger partial charge in [-0.3, -0.25) is 20.5 Å². The third-order valence-electron chi connectivity index (χ3n) is 1.65. The van der Waals surface area contributed by atoms with Crippen LogP contribution in [0.15, 0.2) is 18.5 Å². The molecule has 1 heterocycles. The standard InChI is InChI=1S/C9H11N3O3/c1-2-3-15-9(10)7-4-8(12(13)14)6-11-5-7/h4-6,10H,2-3H2,1H3. The average molecular weight is 209 g/mol. The van der Waals surface area contributed by atoms with Crippen molar-refractivity contribution in [1.82, 2.24) is 4.98 Å². The molecule has 0 atom stereocenters. The van der Waals surface area contributed by atoms with Crippen LogP contribution < -0.4 is 0 Å². The van der Waals surface area contributed by atoms with Crippen molar-refractivity contribution < 1.29 is 9.66 Å². The number of hydrogen-bond acceptors (Lipinski definition) is 5. The molecular formula is C9H11N3O3. The first-order chi connectivity index (χ1) is 7.15. The van der Waals surface area contributed by atoms with Gasteiger partial charge >= 0.3 is 0 Å². The van der Waals surface area contributed by atoms with Gasteiger partial charge in [0.15, 0.2) is 0 Å². The number of aromatic nitrogens is 1. The van der Waals surface area contributed by atoms with Crippen LogP contribution in [0.2, 0.25) is 0 Å². The molecule has 0 saturated heterocycles. The predicted octanol–water partition coefficient (Wildman–Crippen LogP) is 1.74. The summed E-state index contributed by atoms with van der Waals surface area (Å²) in [6.45, 7) is 2.33. The molecule has 0 bridgehead atoms. The molecule has 1 aromatic heterocycles. The fourth-order valence-electron chi connectivity index (χ4n) is 0.939. The SMILES string of the molecule is CCCOC(=N)c1cncc([N+](=O)[O-])c1. The Hall–Kier alpha value is -1.98. The molecule has 0 aliphatic rings. The number of nitro groups is 1. The van der Waals surface area contributed by atoms with Crippen molar-refractivity contribution >= 4 is 11.6 Å². The molecule has 1 N–H and O–H groups in total. The van der Waals surface area contributed by atoms with Crippen molar-refractivity contribution in [2.24, 2.45) is 0 Å². The Balaban J connectivity index is 2.81. The lowest BCUT2D eigenvalue weighted by Crippen LogP contribution is -2.06. The van der Waals surface area contributed by atoms with Crippen LogP contribution in [0.25, 0.3) is 0 Å². The maximum absolute atomic E-state index is 10.4. The Kier molecular flexibility index (Phi) is 3.73. The van der Waals surface area contributed by atoms with Gasteiger partial charge in [0.25, 0.3) is 5.69 Å². The largest absolute Gasteiger partial charge is 0.478 e. The van der Waals surface area contributed by atoms with Crippen molar-refractivity contribution in [1.29, 1.82) is 5.41 Å². The number of rotatable bonds is 4. The molecule has 0 aromatic carbocycles. The molecular weight excluding hydrogens is 198 g/mol. The van der Waals surface area contributed by atoms with Gasteiger partial charge in [-0.1, -0.05) is 6.92 Å². The fraction of sp³-hybridized carbons (Fsp3) is 0.333. The summed E-state index contributed by atoms with van der Waals surface area (Å²) >= 11 is 0. The van der Waals surface area contributed by atoms with E-state index in [9.17, 15) is 10.1 Å². The van der Waals surface area contributed by atoms with Crippen molar-refractivity contribution in [3.8, 4) is 0 Å². The van der Waals surface area contributed by atoms with Gasteiger partial charge in [-0.2, -0.15) is 0 Å². The highest BCUT2D eigenvalue weighted by atomic mass is 16.6. The Morgan fingerprint density at radius 1 is 1.67 bits per heavy atom. The van der Waals surface area contributed by atoms with Gasteiger partial charge in [-0.25, -0.2) is 0 Å². The van der Waals surface area contributed by atoms with Crippen LogP contribution >= 0.6 is 0 Å². The van der Waals surface area contributed by atoms with Gasteiger partial charge in [0.2, 0.25) is 5.90 Å². The summed E-state index contributed by atoms with van der Waals surface area (Å²) < 4.78 is 5.03. The lowest BCUT2D eigenvalue weighted by atomic mass is 10.2. The molecule has 0 aliphatic carbocycles. The minimum absolute atomic E-state index is 0.0898. The fourth-order valence-corrected chi connectivity index (χ4v) is 0.939. The van der Waals surface area contributed by atoms with E-state index in [2.05, 4.69) is 4.98 Å². The zero-order chi connectivity index (χ0) is 11.3. The third kappa shape index (κ3) is 3.01. The molecule has 0 aliphatic heterocycles. The van der Waals surface area contributed by atoms with Crippen LogP contribution in [0.5, 0.6) is 0 Å². The molecule has 15 heavy (non-hydrogen) atoms. The molecule has 0 fully saturated rings. The first-order valence-electron chi connectivity index (χ1n) is 4.46. The second-order valence-corrected chi connectivity index (χ2v) is 2.87. The topological polar surface area (TPSA) is 89.1 Å². The van der Waals surface area contributed by atoms with Gasteiger partial charge in [0.05, 0.1) is 17.1 Å². The Labute approximate surface area is 86.6 Å². The molecule has 6 nitrogen and oxygen atoms in total. The lowest BCUT2D eigenvalue weighted by molar-refractivity contribution is -0.385. The summed E-state index contributed by atoms with van der Waals surface area (Å²) in [7, 11) is 0. The summed E-state index contributed by atoms with van der Waals surface area (Å²) in [6.07, 6.45) is 3.28. The average Bonchev–Trinajstić information content (AvgIpc) is 2.26. The second-order valence-electron chi connectivity index (χ2n) is 2.87. The highest BCUT2D eigenvalue weighted by Crippen LogP contribution is 2.11. The van der Waals surface area contributed by atoms with Crippen LogP contribution in [0, 0.1) is 15.5 Å². The summed E-state index contributed by atoms with van der Waals surface area (Å²) in [4.78, 5) is 13.6. The maximum Gasteiger partial charge on any atom is 0.288 e. The minimum atomic E-state index is -0.552. The normalized spacial score (nSPS) is 9.67. The minimum Gasteiger partial charge on any atom is -0.478 e. The molecule has 0 saturated carbocycles. The number of hydrogen-bond donors (Lipinski definition) is 1. The van der Waals surface area contributed by atoms with Gasteiger partial charge in [-0.05, 0) is 6.42 Å². The van der Waals surface area contributed by atoms with E-state index in [0.717, 1.165) is 12.6 Å². The van der Waals surface area contributed by atoms with Gasteiger partial charge in [0, 0.05) is 12.3 Å². The Morgan fingerprint density at radius 2 is 2.40 bits per heavy atom. The van der Waals surface area contributed by atoms with Gasteiger partial charge in [-0.15, -0.1) is 0 Å². The summed E-state index contributed by atoms with van der Waals surface area (Å²) in [5.41, 5.74) is 0.176. The summed E-state index contributed by atoms with van der Waals surface area (Å²) in [5, 5.41) is 17.9. The van der Waals surface area contributed by atoms with E-state index < -0.39 is 4.92 Å². The Morgan fingerprint density at radius 3 is 3.00 bits per heavy atom. The number of pyridine rings is 1. The molecule has 80 valence electrons. The molecule has 1 aromatic rings. The molecule has 0 unspecified atom stereocenters. The molecule has 0 spiro atoms. The van der Waals surface area contributed by atoms with Crippen molar-refractivity contribution in [3.05, 3.63) is 34.1 Å². The van der Waals surface area contributed by atoms with E-state index in [-0.39, 0.29) is 11.6 Å². The number of nitrogens with zero attached hydrogens (tertiary/aromatic N) is 2. The lowest BCUT2D eigenvalue weighted by Gasteiger charge is -2.04. The summed E-state index contributed by atoms with van der Waals surface area (Å²) in [6, 6.07) is 1.27. The summed E-state index contributed by atoms with van der Waals surface area (Å²) in [5.74, 6) is -0.0898. The van der Waals surface area contributed by atoms with Crippen molar-refractivity contribution in [3.63, 3.8) is 0 Å². The van der Waals surface area contributed by atoms with Crippen LogP contribution in [0.3, 0.4) is 0 Å². The zero-order valence-electron chi connectivity index (χ0n) is 8.27. The van der Waals surface area contributed by atoms with E-state index in [0.29, 0.717) is 12.2 Å². The van der Waals surface area contributed by atoms with Crippen molar-refractivity contribution in [2.45, 2.75) is 13.3 Å². The smallest absolute Gasteiger partial charge is 0.288 e. The van der Waals surface area contributed by atoms with E-state index >= 15 is 0 Å². The monoisotopic (exact) mass is 209 g/mol. The molecule has 0 radical (unpaired) electrons. The number of nitrogens with one attached hydrogen (secondary N) is 1. The first-order valence-corrected chi connectivity index (χ1v) is 4.46. The van der Waals surface area contributed by atoms with Gasteiger partial charge in [0.1, 0.15) is 6.20 Å². The van der Waals surface area contributed by atoms with E-state index in [4.69, 9.17) is 10.1 Å². The zero-order valence-corrected chi connectivity index (χ0v) is 8.27. The molecule has 1 rings (SSSR count). The van der Waals surface area contributed by atoms with Gasteiger partial charge < -0.3 is 4.74 Å².